The van der Waals surface area contributed by atoms with Crippen molar-refractivity contribution in [1.29, 1.82) is 0 Å². The number of anilines is 1. The first kappa shape index (κ1) is 18.0. The Labute approximate surface area is 153 Å². The number of hydrogen-bond acceptors (Lipinski definition) is 4. The van der Waals surface area contributed by atoms with Crippen molar-refractivity contribution in [2.75, 3.05) is 12.4 Å². The fourth-order valence-electron chi connectivity index (χ4n) is 3.47. The van der Waals surface area contributed by atoms with Gasteiger partial charge in [0.15, 0.2) is 5.17 Å². The molecule has 0 radical (unpaired) electrons. The molecule has 1 aromatic carbocycles. The molecule has 0 aromatic heterocycles. The van der Waals surface area contributed by atoms with Gasteiger partial charge in [0.05, 0.1) is 0 Å². The molecule has 2 amide bonds. The molecule has 6 heteroatoms. The number of rotatable bonds is 4. The van der Waals surface area contributed by atoms with Crippen LogP contribution in [-0.2, 0) is 9.59 Å². The lowest BCUT2D eigenvalue weighted by Crippen LogP contribution is -2.42. The van der Waals surface area contributed by atoms with Crippen molar-refractivity contribution < 1.29 is 9.59 Å². The van der Waals surface area contributed by atoms with Crippen molar-refractivity contribution >= 4 is 34.4 Å². The zero-order chi connectivity index (χ0) is 17.8. The smallest absolute Gasteiger partial charge is 0.242 e. The van der Waals surface area contributed by atoms with Crippen LogP contribution in [0.15, 0.2) is 29.3 Å². The van der Waals surface area contributed by atoms with E-state index in [9.17, 15) is 9.59 Å². The number of aryl methyl sites for hydroxylation is 1. The molecule has 1 N–H and O–H groups in total. The van der Waals surface area contributed by atoms with Crippen molar-refractivity contribution in [3.8, 4) is 0 Å². The van der Waals surface area contributed by atoms with Gasteiger partial charge in [0.1, 0.15) is 5.25 Å². The Hall–Kier alpha value is -1.82. The third-order valence-corrected chi connectivity index (χ3v) is 6.05. The van der Waals surface area contributed by atoms with Gasteiger partial charge in [-0.3, -0.25) is 19.5 Å². The highest BCUT2D eigenvalue weighted by Crippen LogP contribution is 2.35. The van der Waals surface area contributed by atoms with Gasteiger partial charge in [0, 0.05) is 25.2 Å². The van der Waals surface area contributed by atoms with Gasteiger partial charge < -0.3 is 5.32 Å². The van der Waals surface area contributed by atoms with Gasteiger partial charge in [-0.2, -0.15) is 0 Å². The van der Waals surface area contributed by atoms with Crippen molar-refractivity contribution in [3.05, 3.63) is 29.8 Å². The van der Waals surface area contributed by atoms with Crippen molar-refractivity contribution in [2.45, 2.75) is 56.7 Å². The summed E-state index contributed by atoms with van der Waals surface area (Å²) in [6.07, 6.45) is 5.82. The third-order valence-electron chi connectivity index (χ3n) is 4.80. The number of hydrogen-bond donors (Lipinski definition) is 1. The highest BCUT2D eigenvalue weighted by Gasteiger charge is 2.42. The van der Waals surface area contributed by atoms with E-state index in [1.165, 1.54) is 18.2 Å². The monoisotopic (exact) mass is 359 g/mol. The molecule has 2 aliphatic rings. The van der Waals surface area contributed by atoms with Gasteiger partial charge >= 0.3 is 0 Å². The second kappa shape index (κ2) is 8.04. The van der Waals surface area contributed by atoms with Crippen LogP contribution in [0.3, 0.4) is 0 Å². The summed E-state index contributed by atoms with van der Waals surface area (Å²) in [5, 5.41) is 3.28. The largest absolute Gasteiger partial charge is 0.326 e. The molecule has 25 heavy (non-hydrogen) atoms. The molecule has 0 unspecified atom stereocenters. The molecule has 1 saturated heterocycles. The third kappa shape index (κ3) is 4.24. The van der Waals surface area contributed by atoms with E-state index in [1.54, 1.807) is 7.05 Å². The highest BCUT2D eigenvalue weighted by molar-refractivity contribution is 8.15. The minimum atomic E-state index is -0.369. The molecular weight excluding hydrogens is 334 g/mol. The van der Waals surface area contributed by atoms with E-state index in [1.807, 2.05) is 36.1 Å². The first-order chi connectivity index (χ1) is 12.1. The van der Waals surface area contributed by atoms with E-state index in [0.29, 0.717) is 0 Å². The average molecular weight is 359 g/mol. The van der Waals surface area contributed by atoms with Gasteiger partial charge in [-0.15, -0.1) is 0 Å². The van der Waals surface area contributed by atoms with Crippen LogP contribution in [0.5, 0.6) is 0 Å². The summed E-state index contributed by atoms with van der Waals surface area (Å²) in [5.41, 5.74) is 1.91. The topological polar surface area (TPSA) is 61.8 Å². The lowest BCUT2D eigenvalue weighted by Gasteiger charge is -2.30. The Kier molecular flexibility index (Phi) is 5.78. The van der Waals surface area contributed by atoms with Gasteiger partial charge in [-0.1, -0.05) is 48.7 Å². The summed E-state index contributed by atoms with van der Waals surface area (Å²) in [6.45, 7) is 2.00. The van der Waals surface area contributed by atoms with E-state index < -0.39 is 0 Å². The fourth-order valence-corrected chi connectivity index (χ4v) is 4.63. The summed E-state index contributed by atoms with van der Waals surface area (Å²) in [4.78, 5) is 31.3. The summed E-state index contributed by atoms with van der Waals surface area (Å²) in [7, 11) is 1.72. The van der Waals surface area contributed by atoms with E-state index >= 15 is 0 Å². The second-order valence-electron chi connectivity index (χ2n) is 6.73. The van der Waals surface area contributed by atoms with E-state index in [2.05, 4.69) is 10.3 Å². The standard InChI is InChI=1S/C19H25N3O2S/c1-13-8-10-14(11-9-13)21-17(23)12-16-18(24)22(19(20-2)25-16)15-6-4-3-5-7-15/h8-11,15-16H,3-7,12H2,1-2H3,(H,21,23)/t16-/m1/s1. The highest BCUT2D eigenvalue weighted by atomic mass is 32.2. The molecule has 1 heterocycles. The predicted molar refractivity (Wildman–Crippen MR) is 103 cm³/mol. The zero-order valence-corrected chi connectivity index (χ0v) is 15.6. The summed E-state index contributed by atoms with van der Waals surface area (Å²) in [5.74, 6) is -0.0905. The Morgan fingerprint density at radius 3 is 2.56 bits per heavy atom. The predicted octanol–water partition coefficient (Wildman–Crippen LogP) is 3.59. The quantitative estimate of drug-likeness (QED) is 0.894. The van der Waals surface area contributed by atoms with Gasteiger partial charge in [-0.05, 0) is 31.9 Å². The summed E-state index contributed by atoms with van der Waals surface area (Å²) < 4.78 is 0. The van der Waals surface area contributed by atoms with Crippen LogP contribution in [0, 0.1) is 6.92 Å². The molecule has 1 aromatic rings. The SMILES string of the molecule is CN=C1S[C@H](CC(=O)Nc2ccc(C)cc2)C(=O)N1C1CCCCC1. The second-order valence-corrected chi connectivity index (χ2v) is 7.90. The molecule has 1 saturated carbocycles. The van der Waals surface area contributed by atoms with Crippen LogP contribution in [0.4, 0.5) is 5.69 Å². The maximum Gasteiger partial charge on any atom is 0.242 e. The molecular formula is C19H25N3O2S. The molecule has 0 spiro atoms. The lowest BCUT2D eigenvalue weighted by molar-refractivity contribution is -0.130. The molecule has 1 aliphatic carbocycles. The van der Waals surface area contributed by atoms with Crippen LogP contribution in [-0.4, -0.2) is 40.2 Å². The minimum Gasteiger partial charge on any atom is -0.326 e. The number of carbonyl (C=O) groups is 2. The van der Waals surface area contributed by atoms with Crippen LogP contribution in [0.1, 0.15) is 44.1 Å². The average Bonchev–Trinajstić information content (AvgIpc) is 2.93. The molecule has 134 valence electrons. The number of thioether (sulfide) groups is 1. The van der Waals surface area contributed by atoms with Crippen molar-refractivity contribution in [2.24, 2.45) is 4.99 Å². The Morgan fingerprint density at radius 1 is 1.24 bits per heavy atom. The van der Waals surface area contributed by atoms with Crippen LogP contribution in [0.25, 0.3) is 0 Å². The number of nitrogens with one attached hydrogen (secondary N) is 1. The number of carbonyl (C=O) groups excluding carboxylic acids is 2. The number of nitrogens with zero attached hydrogens (tertiary/aromatic N) is 2. The maximum atomic E-state index is 12.9. The Bertz CT molecular complexity index is 666. The number of benzene rings is 1. The summed E-state index contributed by atoms with van der Waals surface area (Å²) >= 11 is 1.43. The van der Waals surface area contributed by atoms with Crippen LogP contribution < -0.4 is 5.32 Å². The molecule has 3 rings (SSSR count). The Balaban J connectivity index is 1.63. The van der Waals surface area contributed by atoms with E-state index in [0.717, 1.165) is 42.1 Å². The Morgan fingerprint density at radius 2 is 1.92 bits per heavy atom. The maximum absolute atomic E-state index is 12.9. The van der Waals surface area contributed by atoms with Gasteiger partial charge in [0.2, 0.25) is 11.8 Å². The first-order valence-corrected chi connectivity index (χ1v) is 9.79. The minimum absolute atomic E-state index is 0.0385. The van der Waals surface area contributed by atoms with E-state index in [4.69, 9.17) is 0 Å². The van der Waals surface area contributed by atoms with E-state index in [-0.39, 0.29) is 29.5 Å². The van der Waals surface area contributed by atoms with Crippen LogP contribution in [0.2, 0.25) is 0 Å². The van der Waals surface area contributed by atoms with Gasteiger partial charge in [-0.25, -0.2) is 0 Å². The fraction of sp³-hybridized carbons (Fsp3) is 0.526. The first-order valence-electron chi connectivity index (χ1n) is 8.91. The van der Waals surface area contributed by atoms with Crippen molar-refractivity contribution in [3.63, 3.8) is 0 Å². The summed E-state index contributed by atoms with van der Waals surface area (Å²) in [6, 6.07) is 7.92. The zero-order valence-electron chi connectivity index (χ0n) is 14.8. The molecule has 1 aliphatic heterocycles. The normalized spacial score (nSPS) is 23.3. The molecule has 5 nitrogen and oxygen atoms in total. The van der Waals surface area contributed by atoms with Crippen molar-refractivity contribution in [1.82, 2.24) is 4.90 Å². The lowest BCUT2D eigenvalue weighted by atomic mass is 9.94. The molecule has 0 bridgehead atoms. The van der Waals surface area contributed by atoms with Gasteiger partial charge in [0.25, 0.3) is 0 Å². The number of aliphatic imine (C=N–C) groups is 1. The number of amidine groups is 1. The molecule has 1 atom stereocenters. The van der Waals surface area contributed by atoms with Crippen LogP contribution >= 0.6 is 11.8 Å². The molecule has 2 fully saturated rings. The number of amides is 2.